The van der Waals surface area contributed by atoms with Gasteiger partial charge in [0.15, 0.2) is 5.78 Å². The van der Waals surface area contributed by atoms with Gasteiger partial charge in [-0.15, -0.1) is 0 Å². The summed E-state index contributed by atoms with van der Waals surface area (Å²) >= 11 is 0. The molecule has 77 heavy (non-hydrogen) atoms. The zero-order valence-electron chi connectivity index (χ0n) is 45.8. The standard InChI is InChI=1S/C56H81FN8O11S/c1-9-17-42(64-58)34-59-52(69)44-33-43(23-24-45(44)57)77(74,75)76-36-56(8,73)51(68)47(30-37(3)4)61-55(72)49(32-41-20-15-12-16-21-41)63-54(71)48(31-38(5)6)62-53(70)46(25-22-40-18-13-11-14-19-40)60-50(67)35-65(28-29-66)27-26-39(7)10-2/h11-21,23-24,33,37-39,46-49,58,66,73H,9-10,22,25-32,34-36H2,1-8H3,(H,59,69)(H,60,67)(H,61,72)(H,62,70)(H,63,71)/b42-17-,64-58?/t39?,46-,47-,48-,49-,56?/m0/s1. The number of ketones is 1. The first-order valence-electron chi connectivity index (χ1n) is 26.3. The average molecular weight is 1090 g/mol. The molecule has 0 saturated carbocycles. The summed E-state index contributed by atoms with van der Waals surface area (Å²) in [6.07, 6.45) is 4.45. The molecule has 3 rings (SSSR count). The largest absolute Gasteiger partial charge is 0.395 e. The van der Waals surface area contributed by atoms with Crippen molar-refractivity contribution in [2.45, 2.75) is 141 Å². The molecule has 424 valence electrons. The fraction of sp³-hybridized carbons (Fsp3) is 0.536. The molecule has 6 atom stereocenters. The first-order valence-corrected chi connectivity index (χ1v) is 27.8. The Bertz CT molecular complexity index is 2550. The number of rotatable bonds is 35. The summed E-state index contributed by atoms with van der Waals surface area (Å²) in [7, 11) is -4.86. The van der Waals surface area contributed by atoms with E-state index in [2.05, 4.69) is 45.5 Å². The summed E-state index contributed by atoms with van der Waals surface area (Å²) < 4.78 is 46.8. The summed E-state index contributed by atoms with van der Waals surface area (Å²) in [5.74, 6) is -5.73. The Morgan fingerprint density at radius 1 is 0.779 bits per heavy atom. The minimum Gasteiger partial charge on any atom is -0.395 e. The fourth-order valence-electron chi connectivity index (χ4n) is 8.17. The number of aliphatic hydroxyl groups excluding tert-OH is 1. The maximum atomic E-state index is 14.8. The monoisotopic (exact) mass is 1090 g/mol. The molecule has 0 bridgehead atoms. The number of amides is 5. The Balaban J connectivity index is 1.89. The summed E-state index contributed by atoms with van der Waals surface area (Å²) in [5.41, 5.74) is 5.76. The Kier molecular flexibility index (Phi) is 27.4. The number of hydrogen-bond donors (Lipinski definition) is 8. The molecule has 3 aromatic rings. The van der Waals surface area contributed by atoms with Crippen LogP contribution in [0.25, 0.3) is 0 Å². The van der Waals surface area contributed by atoms with Crippen LogP contribution in [0.1, 0.15) is 115 Å². The molecule has 3 aromatic carbocycles. The third-order valence-corrected chi connectivity index (χ3v) is 14.0. The lowest BCUT2D eigenvalue weighted by Gasteiger charge is -2.30. The van der Waals surface area contributed by atoms with E-state index in [1.165, 1.54) is 0 Å². The number of carbonyl (C=O) groups is 6. The van der Waals surface area contributed by atoms with Gasteiger partial charge in [-0.2, -0.15) is 13.5 Å². The highest BCUT2D eigenvalue weighted by atomic mass is 32.2. The normalized spacial score (nSPS) is 14.6. The number of benzene rings is 3. The van der Waals surface area contributed by atoms with Crippen molar-refractivity contribution in [2.75, 3.05) is 39.4 Å². The van der Waals surface area contributed by atoms with E-state index in [1.54, 1.807) is 57.2 Å². The predicted octanol–water partition coefficient (Wildman–Crippen LogP) is 5.54. The number of aryl methyl sites for hydroxylation is 1. The van der Waals surface area contributed by atoms with Gasteiger partial charge in [0, 0.05) is 13.0 Å². The molecule has 0 saturated heterocycles. The van der Waals surface area contributed by atoms with Crippen LogP contribution in [0.2, 0.25) is 0 Å². The Labute approximate surface area is 453 Å². The second-order valence-corrected chi connectivity index (χ2v) is 22.1. The summed E-state index contributed by atoms with van der Waals surface area (Å²) in [4.78, 5) is 85.2. The van der Waals surface area contributed by atoms with E-state index in [0.717, 1.165) is 43.5 Å². The smallest absolute Gasteiger partial charge is 0.297 e. The van der Waals surface area contributed by atoms with Crippen molar-refractivity contribution < 1.29 is 56.0 Å². The number of carbonyl (C=O) groups excluding carboxylic acids is 6. The van der Waals surface area contributed by atoms with Crippen LogP contribution in [0.4, 0.5) is 4.39 Å². The number of hydrogen-bond acceptors (Lipinski definition) is 14. The maximum absolute atomic E-state index is 14.8. The van der Waals surface area contributed by atoms with Gasteiger partial charge in [0.25, 0.3) is 16.0 Å². The molecule has 0 aromatic heterocycles. The minimum atomic E-state index is -4.86. The van der Waals surface area contributed by atoms with Crippen LogP contribution < -0.4 is 26.6 Å². The van der Waals surface area contributed by atoms with Gasteiger partial charge in [0.1, 0.15) is 36.2 Å². The quantitative estimate of drug-likeness (QED) is 0.0266. The van der Waals surface area contributed by atoms with E-state index < -0.39 is 98.1 Å². The first kappa shape index (κ1) is 65.0. The van der Waals surface area contributed by atoms with Crippen LogP contribution in [0, 0.1) is 29.1 Å². The highest BCUT2D eigenvalue weighted by molar-refractivity contribution is 7.86. The number of nitrogens with one attached hydrogen (secondary N) is 6. The van der Waals surface area contributed by atoms with E-state index in [0.29, 0.717) is 30.9 Å². The lowest BCUT2D eigenvalue weighted by Crippen LogP contribution is -2.60. The number of aliphatic hydroxyl groups is 2. The van der Waals surface area contributed by atoms with Gasteiger partial charge in [0.2, 0.25) is 23.6 Å². The van der Waals surface area contributed by atoms with Gasteiger partial charge in [0.05, 0.1) is 41.9 Å². The molecule has 0 aliphatic rings. The van der Waals surface area contributed by atoms with Gasteiger partial charge in [-0.05, 0) is 99.1 Å². The zero-order valence-corrected chi connectivity index (χ0v) is 46.6. The van der Waals surface area contributed by atoms with Gasteiger partial charge < -0.3 is 36.8 Å². The Morgan fingerprint density at radius 3 is 1.94 bits per heavy atom. The van der Waals surface area contributed by atoms with E-state index >= 15 is 0 Å². The molecule has 0 fully saturated rings. The molecule has 5 amide bonds. The van der Waals surface area contributed by atoms with Gasteiger partial charge >= 0.3 is 0 Å². The highest BCUT2D eigenvalue weighted by Crippen LogP contribution is 2.22. The van der Waals surface area contributed by atoms with E-state index in [9.17, 15) is 51.8 Å². The maximum Gasteiger partial charge on any atom is 0.297 e. The minimum absolute atomic E-state index is 0.0453. The van der Waals surface area contributed by atoms with Crippen LogP contribution >= 0.6 is 0 Å². The van der Waals surface area contributed by atoms with Crippen molar-refractivity contribution in [3.63, 3.8) is 0 Å². The van der Waals surface area contributed by atoms with Crippen LogP contribution in [0.3, 0.4) is 0 Å². The van der Waals surface area contributed by atoms with Crippen LogP contribution in [-0.4, -0.2) is 128 Å². The number of nitrogens with zero attached hydrogens (tertiary/aromatic N) is 2. The predicted molar refractivity (Wildman–Crippen MR) is 290 cm³/mol. The molecule has 0 heterocycles. The third kappa shape index (κ3) is 22.7. The van der Waals surface area contributed by atoms with Crippen molar-refractivity contribution in [1.29, 1.82) is 5.53 Å². The Hall–Kier alpha value is -6.26. The van der Waals surface area contributed by atoms with E-state index in [-0.39, 0.29) is 69.5 Å². The average Bonchev–Trinajstić information content (AvgIpc) is 3.39. The summed E-state index contributed by atoms with van der Waals surface area (Å²) in [5, 5.41) is 38.2. The molecule has 0 spiro atoms. The molecular formula is C56H81FN8O11S. The number of halogens is 1. The van der Waals surface area contributed by atoms with Crippen LogP contribution in [0.15, 0.2) is 101 Å². The van der Waals surface area contributed by atoms with Crippen molar-refractivity contribution in [2.24, 2.45) is 22.9 Å². The SMILES string of the molecule is CC/C=C(/CNC(=O)c1cc(S(=O)(=O)OCC(C)(O)C(=O)[C@H](CC(C)C)NC(=O)[C@H](Cc2ccccc2)NC(=O)[C@H](CC(C)C)NC(=O)[C@H](CCc2ccccc2)NC(=O)CN(CCO)CCC(C)CC)ccc1F)N=N. The Morgan fingerprint density at radius 2 is 1.35 bits per heavy atom. The van der Waals surface area contributed by atoms with Gasteiger partial charge in [-0.25, -0.2) is 9.92 Å². The second-order valence-electron chi connectivity index (χ2n) is 20.5. The molecule has 0 radical (unpaired) electrons. The van der Waals surface area contributed by atoms with Gasteiger partial charge in [-0.3, -0.25) is 37.9 Å². The lowest BCUT2D eigenvalue weighted by atomic mass is 9.90. The third-order valence-electron chi connectivity index (χ3n) is 12.7. The molecule has 2 unspecified atom stereocenters. The highest BCUT2D eigenvalue weighted by Gasteiger charge is 2.40. The molecule has 0 aliphatic carbocycles. The van der Waals surface area contributed by atoms with E-state index in [4.69, 9.17) is 9.71 Å². The number of allylic oxidation sites excluding steroid dienone is 1. The second kappa shape index (κ2) is 32.5. The van der Waals surface area contributed by atoms with Crippen molar-refractivity contribution in [3.05, 3.63) is 113 Å². The van der Waals surface area contributed by atoms with Crippen molar-refractivity contribution >= 4 is 45.4 Å². The van der Waals surface area contributed by atoms with Crippen LogP contribution in [0.5, 0.6) is 0 Å². The topological polar surface area (TPSA) is 286 Å². The van der Waals surface area contributed by atoms with Gasteiger partial charge in [-0.1, -0.05) is 122 Å². The van der Waals surface area contributed by atoms with Crippen molar-refractivity contribution in [1.82, 2.24) is 31.5 Å². The molecule has 21 heteroatoms. The number of Topliss-reactive ketones (excluding diaryl/α,β-unsaturated/α-hetero) is 1. The summed E-state index contributed by atoms with van der Waals surface area (Å²) in [6.45, 7) is 13.4. The summed E-state index contributed by atoms with van der Waals surface area (Å²) in [6, 6.07) is 15.3. The first-order chi connectivity index (χ1) is 36.4. The van der Waals surface area contributed by atoms with Crippen LogP contribution in [-0.2, 0) is 51.1 Å². The molecular weight excluding hydrogens is 1010 g/mol. The molecule has 0 aliphatic heterocycles. The van der Waals surface area contributed by atoms with E-state index in [1.807, 2.05) is 49.1 Å². The fourth-order valence-corrected chi connectivity index (χ4v) is 9.19. The molecule has 8 N–H and O–H groups in total. The van der Waals surface area contributed by atoms with Crippen molar-refractivity contribution in [3.8, 4) is 0 Å². The lowest BCUT2D eigenvalue weighted by molar-refractivity contribution is -0.143. The molecule has 19 nitrogen and oxygen atoms in total. The zero-order chi connectivity index (χ0) is 57.3.